The van der Waals surface area contributed by atoms with Crippen molar-refractivity contribution in [3.8, 4) is 0 Å². The van der Waals surface area contributed by atoms with Gasteiger partial charge in [-0.2, -0.15) is 10.2 Å². The largest absolute Gasteiger partial charge is 0.353 e. The monoisotopic (exact) mass is 356 g/mol. The van der Waals surface area contributed by atoms with Crippen LogP contribution in [0, 0.1) is 17.0 Å². The third-order valence-corrected chi connectivity index (χ3v) is 3.24. The molecule has 2 aromatic rings. The minimum atomic E-state index is -0.522. The van der Waals surface area contributed by atoms with E-state index in [1.807, 2.05) is 0 Å². The van der Waals surface area contributed by atoms with Gasteiger partial charge in [0.25, 0.3) is 0 Å². The summed E-state index contributed by atoms with van der Waals surface area (Å²) in [4.78, 5) is 21.9. The number of carbonyl (C=O) groups is 1. The Bertz CT molecular complexity index is 665. The Kier molecular flexibility index (Phi) is 4.68. The van der Waals surface area contributed by atoms with Gasteiger partial charge in [-0.15, -0.1) is 0 Å². The van der Waals surface area contributed by atoms with Crippen molar-refractivity contribution in [2.24, 2.45) is 0 Å². The standard InChI is InChI=1S/C11H13BrN6O3/c1-8-10(18(20)21)5-15-17(8)7-11(19)13-2-3-16-6-9(12)4-14-16/h4-6H,2-3,7H2,1H3,(H,13,19). The number of halogens is 1. The Morgan fingerprint density at radius 1 is 1.48 bits per heavy atom. The van der Waals surface area contributed by atoms with Crippen molar-refractivity contribution < 1.29 is 9.72 Å². The molecule has 0 aliphatic heterocycles. The van der Waals surface area contributed by atoms with E-state index >= 15 is 0 Å². The van der Waals surface area contributed by atoms with Crippen LogP contribution in [0.3, 0.4) is 0 Å². The highest BCUT2D eigenvalue weighted by Gasteiger charge is 2.17. The first-order chi connectivity index (χ1) is 9.97. The number of amides is 1. The van der Waals surface area contributed by atoms with Crippen LogP contribution in [-0.2, 0) is 17.9 Å². The summed E-state index contributed by atoms with van der Waals surface area (Å²) in [6.07, 6.45) is 4.60. The normalized spacial score (nSPS) is 10.6. The lowest BCUT2D eigenvalue weighted by Gasteiger charge is -2.06. The molecule has 1 amide bonds. The van der Waals surface area contributed by atoms with Gasteiger partial charge in [0, 0.05) is 12.7 Å². The molecule has 0 bridgehead atoms. The lowest BCUT2D eigenvalue weighted by Crippen LogP contribution is -2.31. The molecule has 2 rings (SSSR count). The van der Waals surface area contributed by atoms with Gasteiger partial charge in [0.1, 0.15) is 18.4 Å². The number of rotatable bonds is 6. The van der Waals surface area contributed by atoms with E-state index in [0.29, 0.717) is 18.8 Å². The van der Waals surface area contributed by atoms with Crippen LogP contribution in [0.2, 0.25) is 0 Å². The van der Waals surface area contributed by atoms with E-state index in [4.69, 9.17) is 0 Å². The zero-order valence-electron chi connectivity index (χ0n) is 11.2. The molecule has 0 aromatic carbocycles. The Morgan fingerprint density at radius 3 is 2.81 bits per heavy atom. The number of hydrogen-bond donors (Lipinski definition) is 1. The summed E-state index contributed by atoms with van der Waals surface area (Å²) in [5, 5.41) is 21.3. The van der Waals surface area contributed by atoms with E-state index in [1.165, 1.54) is 4.68 Å². The molecule has 2 heterocycles. The Morgan fingerprint density at radius 2 is 2.24 bits per heavy atom. The van der Waals surface area contributed by atoms with Crippen LogP contribution in [0.5, 0.6) is 0 Å². The summed E-state index contributed by atoms with van der Waals surface area (Å²) in [6, 6.07) is 0. The molecule has 0 spiro atoms. The third-order valence-electron chi connectivity index (χ3n) is 2.83. The maximum absolute atomic E-state index is 11.8. The van der Waals surface area contributed by atoms with Crippen molar-refractivity contribution in [2.75, 3.05) is 6.54 Å². The molecule has 10 heteroatoms. The molecule has 21 heavy (non-hydrogen) atoms. The fourth-order valence-electron chi connectivity index (χ4n) is 1.74. The lowest BCUT2D eigenvalue weighted by atomic mass is 10.4. The van der Waals surface area contributed by atoms with E-state index in [2.05, 4.69) is 31.4 Å². The van der Waals surface area contributed by atoms with Crippen molar-refractivity contribution in [3.63, 3.8) is 0 Å². The van der Waals surface area contributed by atoms with Crippen molar-refractivity contribution >= 4 is 27.5 Å². The number of hydrogen-bond acceptors (Lipinski definition) is 5. The average molecular weight is 357 g/mol. The predicted molar refractivity (Wildman–Crippen MR) is 76.6 cm³/mol. The smallest absolute Gasteiger partial charge is 0.309 e. The second kappa shape index (κ2) is 6.48. The third kappa shape index (κ3) is 3.88. The topological polar surface area (TPSA) is 108 Å². The van der Waals surface area contributed by atoms with Gasteiger partial charge >= 0.3 is 5.69 Å². The minimum absolute atomic E-state index is 0.0531. The maximum atomic E-state index is 11.8. The van der Waals surface area contributed by atoms with Gasteiger partial charge < -0.3 is 5.32 Å². The predicted octanol–water partition coefficient (Wildman–Crippen LogP) is 0.875. The summed E-state index contributed by atoms with van der Waals surface area (Å²) < 4.78 is 3.86. The molecule has 0 unspecified atom stereocenters. The SMILES string of the molecule is Cc1c([N+](=O)[O-])cnn1CC(=O)NCCn1cc(Br)cn1. The van der Waals surface area contributed by atoms with Crippen LogP contribution >= 0.6 is 15.9 Å². The summed E-state index contributed by atoms with van der Waals surface area (Å²) in [6.45, 7) is 2.45. The number of nitrogens with zero attached hydrogens (tertiary/aromatic N) is 5. The van der Waals surface area contributed by atoms with Crippen molar-refractivity contribution in [1.82, 2.24) is 24.9 Å². The van der Waals surface area contributed by atoms with E-state index < -0.39 is 4.92 Å². The molecule has 0 saturated carbocycles. The summed E-state index contributed by atoms with van der Waals surface area (Å²) in [7, 11) is 0. The first-order valence-electron chi connectivity index (χ1n) is 6.09. The van der Waals surface area contributed by atoms with E-state index in [0.717, 1.165) is 10.7 Å². The van der Waals surface area contributed by atoms with E-state index in [1.54, 1.807) is 24.0 Å². The Balaban J connectivity index is 1.83. The highest BCUT2D eigenvalue weighted by atomic mass is 79.9. The maximum Gasteiger partial charge on any atom is 0.309 e. The first-order valence-corrected chi connectivity index (χ1v) is 6.88. The Labute approximate surface area is 128 Å². The number of nitrogens with one attached hydrogen (secondary N) is 1. The molecular weight excluding hydrogens is 344 g/mol. The minimum Gasteiger partial charge on any atom is -0.353 e. The molecule has 0 radical (unpaired) electrons. The second-order valence-corrected chi connectivity index (χ2v) is 5.22. The van der Waals surface area contributed by atoms with Crippen LogP contribution in [0.1, 0.15) is 5.69 Å². The van der Waals surface area contributed by atoms with Gasteiger partial charge in [-0.05, 0) is 22.9 Å². The van der Waals surface area contributed by atoms with Gasteiger partial charge in [0.15, 0.2) is 0 Å². The van der Waals surface area contributed by atoms with Crippen molar-refractivity contribution in [2.45, 2.75) is 20.0 Å². The quantitative estimate of drug-likeness (QED) is 0.610. The van der Waals surface area contributed by atoms with Gasteiger partial charge in [-0.1, -0.05) is 0 Å². The van der Waals surface area contributed by atoms with Crippen LogP contribution in [0.15, 0.2) is 23.1 Å². The van der Waals surface area contributed by atoms with Gasteiger partial charge in [0.05, 0.1) is 22.1 Å². The van der Waals surface area contributed by atoms with Crippen molar-refractivity contribution in [3.05, 3.63) is 38.9 Å². The fraction of sp³-hybridized carbons (Fsp3) is 0.364. The number of nitro groups is 1. The van der Waals surface area contributed by atoms with Gasteiger partial charge in [-0.25, -0.2) is 0 Å². The van der Waals surface area contributed by atoms with Crippen LogP contribution < -0.4 is 5.32 Å². The zero-order valence-corrected chi connectivity index (χ0v) is 12.8. The molecule has 2 aromatic heterocycles. The molecule has 0 saturated heterocycles. The molecule has 0 fully saturated rings. The molecule has 9 nitrogen and oxygen atoms in total. The fourth-order valence-corrected chi connectivity index (χ4v) is 2.07. The summed E-state index contributed by atoms with van der Waals surface area (Å²) in [5.41, 5.74) is 0.260. The van der Waals surface area contributed by atoms with Crippen LogP contribution in [0.4, 0.5) is 5.69 Å². The molecule has 0 aliphatic carbocycles. The summed E-state index contributed by atoms with van der Waals surface area (Å²) >= 11 is 3.28. The van der Waals surface area contributed by atoms with Crippen molar-refractivity contribution in [1.29, 1.82) is 0 Å². The molecule has 1 N–H and O–H groups in total. The van der Waals surface area contributed by atoms with Gasteiger partial charge in [-0.3, -0.25) is 24.3 Å². The molecule has 112 valence electrons. The van der Waals surface area contributed by atoms with Gasteiger partial charge in [0.2, 0.25) is 5.91 Å². The Hall–Kier alpha value is -2.23. The molecule has 0 aliphatic rings. The van der Waals surface area contributed by atoms with E-state index in [-0.39, 0.29) is 18.1 Å². The van der Waals surface area contributed by atoms with E-state index in [9.17, 15) is 14.9 Å². The van der Waals surface area contributed by atoms with Crippen LogP contribution in [0.25, 0.3) is 0 Å². The summed E-state index contributed by atoms with van der Waals surface area (Å²) in [5.74, 6) is -0.262. The zero-order chi connectivity index (χ0) is 15.4. The highest BCUT2D eigenvalue weighted by Crippen LogP contribution is 2.15. The number of carbonyl (C=O) groups excluding carboxylic acids is 1. The molecular formula is C11H13BrN6O3. The first kappa shape index (κ1) is 15.2. The average Bonchev–Trinajstić information content (AvgIpc) is 2.97. The highest BCUT2D eigenvalue weighted by molar-refractivity contribution is 9.10. The number of aromatic nitrogens is 4. The van der Waals surface area contributed by atoms with Crippen LogP contribution in [-0.4, -0.2) is 36.9 Å². The lowest BCUT2D eigenvalue weighted by molar-refractivity contribution is -0.385. The molecule has 0 atom stereocenters. The second-order valence-electron chi connectivity index (χ2n) is 4.30.